The van der Waals surface area contributed by atoms with E-state index in [4.69, 9.17) is 9.47 Å². The van der Waals surface area contributed by atoms with Crippen LogP contribution in [0.2, 0.25) is 0 Å². The highest BCUT2D eigenvalue weighted by atomic mass is 16.6. The van der Waals surface area contributed by atoms with E-state index in [0.29, 0.717) is 6.42 Å². The molecule has 0 aromatic heterocycles. The molecule has 0 rings (SSSR count). The minimum Gasteiger partial charge on any atom is -0.456 e. The standard InChI is InChI=1S/C11H20O3/c1-7-9(12)14-11(4,5)8-10(2,3)13-6/h7H,1,8H2,2-6H3. The van der Waals surface area contributed by atoms with Gasteiger partial charge in [-0.2, -0.15) is 0 Å². The number of hydrogen-bond acceptors (Lipinski definition) is 3. The SMILES string of the molecule is C=CC(=O)OC(C)(C)CC(C)(C)OC. The highest BCUT2D eigenvalue weighted by molar-refractivity contribution is 5.81. The summed E-state index contributed by atoms with van der Waals surface area (Å²) in [5, 5.41) is 0. The lowest BCUT2D eigenvalue weighted by Gasteiger charge is -2.33. The Morgan fingerprint density at radius 3 is 2.14 bits per heavy atom. The van der Waals surface area contributed by atoms with Gasteiger partial charge in [0.15, 0.2) is 0 Å². The Morgan fingerprint density at radius 2 is 1.79 bits per heavy atom. The van der Waals surface area contributed by atoms with Crippen LogP contribution in [0.15, 0.2) is 12.7 Å². The van der Waals surface area contributed by atoms with Crippen LogP contribution in [0.25, 0.3) is 0 Å². The molecule has 0 saturated carbocycles. The lowest BCUT2D eigenvalue weighted by Crippen LogP contribution is -2.37. The second kappa shape index (κ2) is 4.60. The zero-order valence-corrected chi connectivity index (χ0v) is 9.72. The van der Waals surface area contributed by atoms with E-state index in [2.05, 4.69) is 6.58 Å². The van der Waals surface area contributed by atoms with Crippen molar-refractivity contribution in [2.45, 2.75) is 45.3 Å². The van der Waals surface area contributed by atoms with Gasteiger partial charge in [-0.25, -0.2) is 4.79 Å². The first-order chi connectivity index (χ1) is 6.22. The zero-order chi connectivity index (χ0) is 11.4. The summed E-state index contributed by atoms with van der Waals surface area (Å²) >= 11 is 0. The van der Waals surface area contributed by atoms with Gasteiger partial charge in [0.2, 0.25) is 0 Å². The normalized spacial score (nSPS) is 12.4. The third kappa shape index (κ3) is 5.02. The van der Waals surface area contributed by atoms with Gasteiger partial charge in [0.1, 0.15) is 5.60 Å². The van der Waals surface area contributed by atoms with E-state index in [1.807, 2.05) is 27.7 Å². The molecule has 3 nitrogen and oxygen atoms in total. The molecule has 0 heterocycles. The first-order valence-corrected chi connectivity index (χ1v) is 4.63. The summed E-state index contributed by atoms with van der Waals surface area (Å²) in [7, 11) is 1.64. The number of ether oxygens (including phenoxy) is 2. The van der Waals surface area contributed by atoms with Gasteiger partial charge in [-0.05, 0) is 27.7 Å². The van der Waals surface area contributed by atoms with Crippen molar-refractivity contribution in [3.05, 3.63) is 12.7 Å². The van der Waals surface area contributed by atoms with Gasteiger partial charge in [0.05, 0.1) is 5.60 Å². The molecular weight excluding hydrogens is 180 g/mol. The fraction of sp³-hybridized carbons (Fsp3) is 0.727. The molecule has 0 N–H and O–H groups in total. The van der Waals surface area contributed by atoms with E-state index in [0.717, 1.165) is 0 Å². The molecule has 82 valence electrons. The van der Waals surface area contributed by atoms with E-state index in [1.54, 1.807) is 7.11 Å². The molecule has 0 aliphatic carbocycles. The van der Waals surface area contributed by atoms with Crippen LogP contribution in [-0.2, 0) is 14.3 Å². The summed E-state index contributed by atoms with van der Waals surface area (Å²) in [4.78, 5) is 11.0. The van der Waals surface area contributed by atoms with Crippen molar-refractivity contribution in [1.82, 2.24) is 0 Å². The molecule has 0 aliphatic rings. The Balaban J connectivity index is 4.33. The summed E-state index contributed by atoms with van der Waals surface area (Å²) in [6.07, 6.45) is 1.80. The zero-order valence-electron chi connectivity index (χ0n) is 9.72. The van der Waals surface area contributed by atoms with E-state index in [-0.39, 0.29) is 5.60 Å². The molecule has 0 spiro atoms. The fourth-order valence-corrected chi connectivity index (χ4v) is 1.45. The first kappa shape index (κ1) is 13.2. The molecule has 0 saturated heterocycles. The topological polar surface area (TPSA) is 35.5 Å². The average molecular weight is 200 g/mol. The van der Waals surface area contributed by atoms with E-state index in [1.165, 1.54) is 6.08 Å². The maximum Gasteiger partial charge on any atom is 0.330 e. The molecule has 0 aromatic carbocycles. The Labute approximate surface area is 86.1 Å². The van der Waals surface area contributed by atoms with Crippen LogP contribution in [-0.4, -0.2) is 24.3 Å². The van der Waals surface area contributed by atoms with E-state index < -0.39 is 11.6 Å². The van der Waals surface area contributed by atoms with Crippen molar-refractivity contribution in [1.29, 1.82) is 0 Å². The summed E-state index contributed by atoms with van der Waals surface area (Å²) in [6, 6.07) is 0. The van der Waals surface area contributed by atoms with Crippen LogP contribution in [0.1, 0.15) is 34.1 Å². The van der Waals surface area contributed by atoms with Crippen LogP contribution in [0, 0.1) is 0 Å². The average Bonchev–Trinajstić information content (AvgIpc) is 2.01. The predicted octanol–water partition coefficient (Wildman–Crippen LogP) is 2.31. The first-order valence-electron chi connectivity index (χ1n) is 4.63. The number of carbonyl (C=O) groups is 1. The third-order valence-electron chi connectivity index (χ3n) is 1.95. The Hall–Kier alpha value is -0.830. The number of hydrogen-bond donors (Lipinski definition) is 0. The summed E-state index contributed by atoms with van der Waals surface area (Å²) in [6.45, 7) is 11.0. The van der Waals surface area contributed by atoms with Crippen molar-refractivity contribution in [3.63, 3.8) is 0 Å². The Morgan fingerprint density at radius 1 is 1.29 bits per heavy atom. The van der Waals surface area contributed by atoms with Crippen molar-refractivity contribution >= 4 is 5.97 Å². The van der Waals surface area contributed by atoms with Gasteiger partial charge >= 0.3 is 5.97 Å². The number of rotatable bonds is 5. The van der Waals surface area contributed by atoms with Gasteiger partial charge in [-0.15, -0.1) is 0 Å². The van der Waals surface area contributed by atoms with Crippen LogP contribution in [0.5, 0.6) is 0 Å². The largest absolute Gasteiger partial charge is 0.456 e. The number of esters is 1. The maximum atomic E-state index is 11.0. The monoisotopic (exact) mass is 200 g/mol. The van der Waals surface area contributed by atoms with Crippen molar-refractivity contribution in [3.8, 4) is 0 Å². The molecule has 0 atom stereocenters. The molecule has 0 bridgehead atoms. The molecule has 0 fully saturated rings. The molecular formula is C11H20O3. The molecule has 0 radical (unpaired) electrons. The highest BCUT2D eigenvalue weighted by Crippen LogP contribution is 2.25. The maximum absolute atomic E-state index is 11.0. The molecule has 0 aromatic rings. The van der Waals surface area contributed by atoms with Gasteiger partial charge in [-0.1, -0.05) is 6.58 Å². The van der Waals surface area contributed by atoms with Crippen molar-refractivity contribution in [2.75, 3.05) is 7.11 Å². The summed E-state index contributed by atoms with van der Waals surface area (Å²) in [5.74, 6) is -0.401. The summed E-state index contributed by atoms with van der Waals surface area (Å²) < 4.78 is 10.5. The molecule has 0 unspecified atom stereocenters. The van der Waals surface area contributed by atoms with Crippen LogP contribution < -0.4 is 0 Å². The van der Waals surface area contributed by atoms with Gasteiger partial charge in [0.25, 0.3) is 0 Å². The lowest BCUT2D eigenvalue weighted by atomic mass is 9.92. The second-order valence-corrected chi connectivity index (χ2v) is 4.53. The minimum absolute atomic E-state index is 0.301. The fourth-order valence-electron chi connectivity index (χ4n) is 1.45. The van der Waals surface area contributed by atoms with Gasteiger partial charge < -0.3 is 9.47 Å². The summed E-state index contributed by atoms with van der Waals surface area (Å²) in [5.41, 5.74) is -0.838. The highest BCUT2D eigenvalue weighted by Gasteiger charge is 2.31. The quantitative estimate of drug-likeness (QED) is 0.504. The molecule has 3 heteroatoms. The van der Waals surface area contributed by atoms with Crippen molar-refractivity contribution in [2.24, 2.45) is 0 Å². The van der Waals surface area contributed by atoms with Crippen LogP contribution >= 0.6 is 0 Å². The Bertz CT molecular complexity index is 217. The van der Waals surface area contributed by atoms with E-state index in [9.17, 15) is 4.79 Å². The minimum atomic E-state index is -0.537. The molecule has 0 amide bonds. The molecule has 0 aliphatic heterocycles. The van der Waals surface area contributed by atoms with Crippen LogP contribution in [0.4, 0.5) is 0 Å². The van der Waals surface area contributed by atoms with E-state index >= 15 is 0 Å². The second-order valence-electron chi connectivity index (χ2n) is 4.53. The predicted molar refractivity (Wildman–Crippen MR) is 56.1 cm³/mol. The third-order valence-corrected chi connectivity index (χ3v) is 1.95. The number of methoxy groups -OCH3 is 1. The molecule has 14 heavy (non-hydrogen) atoms. The van der Waals surface area contributed by atoms with Gasteiger partial charge in [0, 0.05) is 19.6 Å². The van der Waals surface area contributed by atoms with Crippen molar-refractivity contribution < 1.29 is 14.3 Å². The smallest absolute Gasteiger partial charge is 0.330 e. The lowest BCUT2D eigenvalue weighted by molar-refractivity contribution is -0.155. The van der Waals surface area contributed by atoms with Crippen LogP contribution in [0.3, 0.4) is 0 Å². The van der Waals surface area contributed by atoms with Gasteiger partial charge in [-0.3, -0.25) is 0 Å². The number of carbonyl (C=O) groups excluding carboxylic acids is 1. The Kier molecular flexibility index (Phi) is 4.33.